The zero-order chi connectivity index (χ0) is 14.4. The Balaban J connectivity index is 1.94. The van der Waals surface area contributed by atoms with Crippen molar-refractivity contribution in [3.8, 4) is 0 Å². The van der Waals surface area contributed by atoms with Gasteiger partial charge in [-0.05, 0) is 17.5 Å². The first-order valence-electron chi connectivity index (χ1n) is 6.35. The van der Waals surface area contributed by atoms with Crippen LogP contribution in [0.25, 0.3) is 0 Å². The highest BCUT2D eigenvalue weighted by Gasteiger charge is 2.07. The molecular formula is C14H17ClN4O. The zero-order valence-electron chi connectivity index (χ0n) is 11.2. The monoisotopic (exact) mass is 292 g/mol. The molecule has 0 radical (unpaired) electrons. The lowest BCUT2D eigenvalue weighted by Crippen LogP contribution is -2.09. The first-order chi connectivity index (χ1) is 9.74. The van der Waals surface area contributed by atoms with Crippen LogP contribution in [0.15, 0.2) is 30.6 Å². The fourth-order valence-corrected chi connectivity index (χ4v) is 2.08. The molecule has 1 aromatic heterocycles. The van der Waals surface area contributed by atoms with Crippen LogP contribution in [-0.4, -0.2) is 28.7 Å². The van der Waals surface area contributed by atoms with E-state index in [1.165, 1.54) is 11.9 Å². The van der Waals surface area contributed by atoms with E-state index in [0.717, 1.165) is 18.5 Å². The molecule has 0 amide bonds. The van der Waals surface area contributed by atoms with Crippen molar-refractivity contribution >= 4 is 23.1 Å². The molecular weight excluding hydrogens is 276 g/mol. The SMILES string of the molecule is CNc1c(Cl)ncnc1NCCc1ccc(CO)cc1. The number of aliphatic hydroxyl groups excluding tert-OH is 1. The van der Waals surface area contributed by atoms with Crippen molar-refractivity contribution in [1.82, 2.24) is 9.97 Å². The Labute approximate surface area is 123 Å². The summed E-state index contributed by atoms with van der Waals surface area (Å²) in [4.78, 5) is 8.09. The third-order valence-electron chi connectivity index (χ3n) is 2.96. The van der Waals surface area contributed by atoms with E-state index in [1.807, 2.05) is 24.3 Å². The summed E-state index contributed by atoms with van der Waals surface area (Å²) in [6.07, 6.45) is 2.29. The van der Waals surface area contributed by atoms with Gasteiger partial charge in [-0.15, -0.1) is 0 Å². The topological polar surface area (TPSA) is 70.1 Å². The van der Waals surface area contributed by atoms with Crippen molar-refractivity contribution in [3.63, 3.8) is 0 Å². The molecule has 106 valence electrons. The van der Waals surface area contributed by atoms with E-state index < -0.39 is 0 Å². The van der Waals surface area contributed by atoms with E-state index >= 15 is 0 Å². The van der Waals surface area contributed by atoms with Crippen molar-refractivity contribution < 1.29 is 5.11 Å². The molecule has 0 unspecified atom stereocenters. The van der Waals surface area contributed by atoms with E-state index in [1.54, 1.807) is 7.05 Å². The normalized spacial score (nSPS) is 10.3. The summed E-state index contributed by atoms with van der Waals surface area (Å²) in [5.74, 6) is 0.694. The van der Waals surface area contributed by atoms with Crippen molar-refractivity contribution in [3.05, 3.63) is 46.9 Å². The molecule has 5 nitrogen and oxygen atoms in total. The van der Waals surface area contributed by atoms with Crippen LogP contribution in [-0.2, 0) is 13.0 Å². The number of nitrogens with one attached hydrogen (secondary N) is 2. The molecule has 0 saturated heterocycles. The lowest BCUT2D eigenvalue weighted by Gasteiger charge is -2.11. The number of benzene rings is 1. The maximum Gasteiger partial charge on any atom is 0.157 e. The van der Waals surface area contributed by atoms with Crippen LogP contribution in [0.1, 0.15) is 11.1 Å². The summed E-state index contributed by atoms with van der Waals surface area (Å²) < 4.78 is 0. The maximum absolute atomic E-state index is 8.99. The number of aliphatic hydroxyl groups is 1. The molecule has 0 aliphatic rings. The summed E-state index contributed by atoms with van der Waals surface area (Å²) in [6.45, 7) is 0.810. The Bertz CT molecular complexity index is 560. The zero-order valence-corrected chi connectivity index (χ0v) is 12.0. The van der Waals surface area contributed by atoms with E-state index in [-0.39, 0.29) is 6.61 Å². The summed E-state index contributed by atoms with van der Waals surface area (Å²) in [5.41, 5.74) is 2.81. The third-order valence-corrected chi connectivity index (χ3v) is 3.25. The Morgan fingerprint density at radius 1 is 1.15 bits per heavy atom. The van der Waals surface area contributed by atoms with Gasteiger partial charge in [0.25, 0.3) is 0 Å². The number of halogens is 1. The highest BCUT2D eigenvalue weighted by Crippen LogP contribution is 2.25. The van der Waals surface area contributed by atoms with Gasteiger partial charge in [-0.1, -0.05) is 35.9 Å². The van der Waals surface area contributed by atoms with Crippen molar-refractivity contribution in [2.45, 2.75) is 13.0 Å². The molecule has 3 N–H and O–H groups in total. The van der Waals surface area contributed by atoms with Crippen LogP contribution in [0.4, 0.5) is 11.5 Å². The molecule has 0 saturated carbocycles. The van der Waals surface area contributed by atoms with Gasteiger partial charge >= 0.3 is 0 Å². The van der Waals surface area contributed by atoms with Crippen LogP contribution >= 0.6 is 11.6 Å². The van der Waals surface area contributed by atoms with Crippen LogP contribution in [0, 0.1) is 0 Å². The fourth-order valence-electron chi connectivity index (χ4n) is 1.86. The average molecular weight is 293 g/mol. The molecule has 2 rings (SSSR count). The molecule has 0 aliphatic carbocycles. The summed E-state index contributed by atoms with van der Waals surface area (Å²) in [7, 11) is 1.78. The predicted molar refractivity (Wildman–Crippen MR) is 81.1 cm³/mol. The molecule has 0 spiro atoms. The quantitative estimate of drug-likeness (QED) is 0.713. The number of hydrogen-bond acceptors (Lipinski definition) is 5. The van der Waals surface area contributed by atoms with Gasteiger partial charge in [0.15, 0.2) is 11.0 Å². The van der Waals surface area contributed by atoms with Gasteiger partial charge in [0.2, 0.25) is 0 Å². The van der Waals surface area contributed by atoms with Crippen molar-refractivity contribution in [2.24, 2.45) is 0 Å². The lowest BCUT2D eigenvalue weighted by atomic mass is 10.1. The van der Waals surface area contributed by atoms with E-state index in [9.17, 15) is 0 Å². The molecule has 0 aliphatic heterocycles. The Morgan fingerprint density at radius 3 is 2.50 bits per heavy atom. The van der Waals surface area contributed by atoms with Gasteiger partial charge in [-0.25, -0.2) is 9.97 Å². The van der Waals surface area contributed by atoms with Gasteiger partial charge in [-0.3, -0.25) is 0 Å². The van der Waals surface area contributed by atoms with E-state index in [2.05, 4.69) is 20.6 Å². The highest BCUT2D eigenvalue weighted by molar-refractivity contribution is 6.32. The summed E-state index contributed by atoms with van der Waals surface area (Å²) in [6, 6.07) is 7.88. The molecule has 2 aromatic rings. The number of nitrogens with zero attached hydrogens (tertiary/aromatic N) is 2. The molecule has 6 heteroatoms. The van der Waals surface area contributed by atoms with Crippen LogP contribution in [0.3, 0.4) is 0 Å². The minimum absolute atomic E-state index is 0.0729. The number of anilines is 2. The number of rotatable bonds is 6. The van der Waals surface area contributed by atoms with Gasteiger partial charge in [-0.2, -0.15) is 0 Å². The third kappa shape index (κ3) is 3.59. The van der Waals surface area contributed by atoms with Gasteiger partial charge in [0.1, 0.15) is 12.0 Å². The molecule has 20 heavy (non-hydrogen) atoms. The van der Waals surface area contributed by atoms with Crippen molar-refractivity contribution in [1.29, 1.82) is 0 Å². The fraction of sp³-hybridized carbons (Fsp3) is 0.286. The van der Waals surface area contributed by atoms with Crippen LogP contribution in [0.2, 0.25) is 5.15 Å². The highest BCUT2D eigenvalue weighted by atomic mass is 35.5. The predicted octanol–water partition coefficient (Wildman–Crippen LogP) is 2.32. The molecule has 1 aromatic carbocycles. The first-order valence-corrected chi connectivity index (χ1v) is 6.73. The van der Waals surface area contributed by atoms with Gasteiger partial charge in [0.05, 0.1) is 6.61 Å². The van der Waals surface area contributed by atoms with Crippen LogP contribution < -0.4 is 10.6 Å². The Kier molecular flexibility index (Phi) is 5.15. The minimum atomic E-state index is 0.0729. The maximum atomic E-state index is 8.99. The number of hydrogen-bond donors (Lipinski definition) is 3. The van der Waals surface area contributed by atoms with Gasteiger partial charge < -0.3 is 15.7 Å². The Morgan fingerprint density at radius 2 is 1.85 bits per heavy atom. The molecule has 0 atom stereocenters. The second-order valence-electron chi connectivity index (χ2n) is 4.29. The summed E-state index contributed by atoms with van der Waals surface area (Å²) >= 11 is 5.98. The molecule has 1 heterocycles. The van der Waals surface area contributed by atoms with Crippen LogP contribution in [0.5, 0.6) is 0 Å². The Hall–Kier alpha value is -1.85. The minimum Gasteiger partial charge on any atom is -0.392 e. The standard InChI is InChI=1S/C14H17ClN4O/c1-16-12-13(15)18-9-19-14(12)17-7-6-10-2-4-11(8-20)5-3-10/h2-5,9,16,20H,6-8H2,1H3,(H,17,18,19). The lowest BCUT2D eigenvalue weighted by molar-refractivity contribution is 0.282. The largest absolute Gasteiger partial charge is 0.392 e. The number of aromatic nitrogens is 2. The molecule has 0 fully saturated rings. The van der Waals surface area contributed by atoms with Crippen molar-refractivity contribution in [2.75, 3.05) is 24.2 Å². The van der Waals surface area contributed by atoms with E-state index in [0.29, 0.717) is 16.7 Å². The second-order valence-corrected chi connectivity index (χ2v) is 4.65. The first kappa shape index (κ1) is 14.6. The molecule has 0 bridgehead atoms. The summed E-state index contributed by atoms with van der Waals surface area (Å²) in [5, 5.41) is 15.6. The van der Waals surface area contributed by atoms with E-state index in [4.69, 9.17) is 16.7 Å². The smallest absolute Gasteiger partial charge is 0.157 e. The van der Waals surface area contributed by atoms with Gasteiger partial charge in [0, 0.05) is 13.6 Å². The average Bonchev–Trinajstić information content (AvgIpc) is 2.48. The second kappa shape index (κ2) is 7.07.